The van der Waals surface area contributed by atoms with Crippen molar-refractivity contribution in [2.24, 2.45) is 11.8 Å². The van der Waals surface area contributed by atoms with Crippen LogP contribution in [0.5, 0.6) is 0 Å². The molecular weight excluding hydrogens is 394 g/mol. The van der Waals surface area contributed by atoms with Gasteiger partial charge in [-0.2, -0.15) is 9.40 Å². The summed E-state index contributed by atoms with van der Waals surface area (Å²) in [6.45, 7) is 6.44. The van der Waals surface area contributed by atoms with Crippen LogP contribution in [-0.2, 0) is 10.0 Å². The number of hydrogen-bond donors (Lipinski definition) is 0. The van der Waals surface area contributed by atoms with E-state index in [1.165, 1.54) is 16.8 Å². The van der Waals surface area contributed by atoms with Gasteiger partial charge >= 0.3 is 0 Å². The minimum absolute atomic E-state index is 0.111. The Morgan fingerprint density at radius 2 is 1.76 bits per heavy atom. The van der Waals surface area contributed by atoms with Crippen molar-refractivity contribution in [1.82, 2.24) is 29.2 Å². The zero-order valence-electron chi connectivity index (χ0n) is 16.1. The largest absolute Gasteiger partial charge is 0.363 e. The molecule has 0 bridgehead atoms. The summed E-state index contributed by atoms with van der Waals surface area (Å²) in [6.07, 6.45) is 3.98. The SMILES string of the molecule is Cc1cc(C)n(-c2cc(N3CC4CN(S(=O)(=O)c5cnoc5)CC4C3)ncn2)n1. The molecule has 0 radical (unpaired) electrons. The summed E-state index contributed by atoms with van der Waals surface area (Å²) in [5, 5.41) is 8.00. The monoisotopic (exact) mass is 415 g/mol. The zero-order valence-corrected chi connectivity index (χ0v) is 16.9. The number of aryl methyl sites for hydroxylation is 2. The van der Waals surface area contributed by atoms with Crippen LogP contribution >= 0.6 is 0 Å². The molecule has 2 aliphatic heterocycles. The Morgan fingerprint density at radius 1 is 1.03 bits per heavy atom. The van der Waals surface area contributed by atoms with Crippen LogP contribution in [-0.4, -0.2) is 63.8 Å². The Kier molecular flexibility index (Phi) is 4.17. The van der Waals surface area contributed by atoms with Crippen molar-refractivity contribution in [3.05, 3.63) is 42.3 Å². The van der Waals surface area contributed by atoms with Crippen molar-refractivity contribution >= 4 is 15.8 Å². The normalized spacial score (nSPS) is 22.3. The molecule has 29 heavy (non-hydrogen) atoms. The van der Waals surface area contributed by atoms with Crippen LogP contribution in [0.4, 0.5) is 5.82 Å². The number of anilines is 1. The lowest BCUT2D eigenvalue weighted by Crippen LogP contribution is -2.33. The minimum atomic E-state index is -3.54. The molecule has 5 heterocycles. The molecule has 0 spiro atoms. The predicted octanol–water partition coefficient (Wildman–Crippen LogP) is 1.02. The molecule has 3 aromatic heterocycles. The second kappa shape index (κ2) is 6.63. The lowest BCUT2D eigenvalue weighted by atomic mass is 10.0. The average molecular weight is 415 g/mol. The van der Waals surface area contributed by atoms with Gasteiger partial charge in [0.15, 0.2) is 5.82 Å². The number of nitrogens with zero attached hydrogens (tertiary/aromatic N) is 7. The van der Waals surface area contributed by atoms with E-state index in [0.717, 1.165) is 36.1 Å². The highest BCUT2D eigenvalue weighted by Gasteiger charge is 2.45. The molecule has 2 aliphatic rings. The highest BCUT2D eigenvalue weighted by Crippen LogP contribution is 2.36. The van der Waals surface area contributed by atoms with E-state index in [2.05, 4.69) is 25.1 Å². The van der Waals surface area contributed by atoms with Gasteiger partial charge in [0.2, 0.25) is 10.0 Å². The predicted molar refractivity (Wildman–Crippen MR) is 103 cm³/mol. The second-order valence-electron chi connectivity index (χ2n) is 7.68. The Balaban J connectivity index is 1.32. The summed E-state index contributed by atoms with van der Waals surface area (Å²) >= 11 is 0. The summed E-state index contributed by atoms with van der Waals surface area (Å²) in [6, 6.07) is 3.94. The number of sulfonamides is 1. The lowest BCUT2D eigenvalue weighted by molar-refractivity contribution is 0.415. The third-order valence-electron chi connectivity index (χ3n) is 5.69. The maximum atomic E-state index is 12.7. The lowest BCUT2D eigenvalue weighted by Gasteiger charge is -2.22. The summed E-state index contributed by atoms with van der Waals surface area (Å²) in [5.41, 5.74) is 1.95. The van der Waals surface area contributed by atoms with Gasteiger partial charge in [0.25, 0.3) is 0 Å². The molecule has 3 aromatic rings. The first-order chi connectivity index (χ1) is 13.9. The quantitative estimate of drug-likeness (QED) is 0.621. The average Bonchev–Trinajstić information content (AvgIpc) is 3.45. The smallest absolute Gasteiger partial charge is 0.247 e. The van der Waals surface area contributed by atoms with E-state index < -0.39 is 10.0 Å². The van der Waals surface area contributed by atoms with Crippen molar-refractivity contribution in [3.63, 3.8) is 0 Å². The van der Waals surface area contributed by atoms with Crippen molar-refractivity contribution < 1.29 is 12.9 Å². The molecule has 5 rings (SSSR count). The van der Waals surface area contributed by atoms with Crippen molar-refractivity contribution in [2.75, 3.05) is 31.1 Å². The summed E-state index contributed by atoms with van der Waals surface area (Å²) in [7, 11) is -3.54. The van der Waals surface area contributed by atoms with Crippen LogP contribution in [0.3, 0.4) is 0 Å². The van der Waals surface area contributed by atoms with E-state index in [1.54, 1.807) is 6.33 Å². The van der Waals surface area contributed by atoms with Gasteiger partial charge in [0.1, 0.15) is 23.3 Å². The van der Waals surface area contributed by atoms with Gasteiger partial charge in [-0.15, -0.1) is 0 Å². The van der Waals surface area contributed by atoms with Crippen LogP contribution in [0, 0.1) is 25.7 Å². The number of fused-ring (bicyclic) bond motifs is 1. The fourth-order valence-electron chi connectivity index (χ4n) is 4.29. The zero-order chi connectivity index (χ0) is 20.2. The van der Waals surface area contributed by atoms with E-state index >= 15 is 0 Å². The Labute approximate surface area is 168 Å². The maximum Gasteiger partial charge on any atom is 0.247 e. The van der Waals surface area contributed by atoms with Gasteiger partial charge in [0, 0.05) is 37.9 Å². The third-order valence-corrected chi connectivity index (χ3v) is 7.46. The van der Waals surface area contributed by atoms with Crippen molar-refractivity contribution in [1.29, 1.82) is 0 Å². The second-order valence-corrected chi connectivity index (χ2v) is 9.62. The summed E-state index contributed by atoms with van der Waals surface area (Å²) in [5.74, 6) is 2.09. The van der Waals surface area contributed by atoms with E-state index in [0.29, 0.717) is 13.1 Å². The van der Waals surface area contributed by atoms with Crippen LogP contribution in [0.25, 0.3) is 5.82 Å². The molecule has 0 aliphatic carbocycles. The van der Waals surface area contributed by atoms with Gasteiger partial charge in [0.05, 0.1) is 11.9 Å². The molecule has 2 saturated heterocycles. The first-order valence-electron chi connectivity index (χ1n) is 9.42. The van der Waals surface area contributed by atoms with E-state index in [9.17, 15) is 8.42 Å². The molecule has 11 heteroatoms. The third kappa shape index (κ3) is 3.10. The molecule has 0 saturated carbocycles. The van der Waals surface area contributed by atoms with Crippen molar-refractivity contribution in [2.45, 2.75) is 18.7 Å². The standard InChI is InChI=1S/C18H21N7O3S/c1-12-3-13(2)25(22-12)18-4-17(19-11-20-18)23-6-14-8-24(9-15(14)7-23)29(26,27)16-5-21-28-10-16/h3-5,10-11,14-15H,6-9H2,1-2H3. The fraction of sp³-hybridized carbons (Fsp3) is 0.444. The maximum absolute atomic E-state index is 12.7. The van der Waals surface area contributed by atoms with E-state index in [1.807, 2.05) is 30.7 Å². The molecule has 10 nitrogen and oxygen atoms in total. The summed E-state index contributed by atoms with van der Waals surface area (Å²) < 4.78 is 33.4. The molecular formula is C18H21N7O3S. The highest BCUT2D eigenvalue weighted by atomic mass is 32.2. The molecule has 2 unspecified atom stereocenters. The first-order valence-corrected chi connectivity index (χ1v) is 10.9. The Bertz CT molecular complexity index is 1130. The van der Waals surface area contributed by atoms with Gasteiger partial charge in [-0.1, -0.05) is 5.16 Å². The number of aromatic nitrogens is 5. The van der Waals surface area contributed by atoms with Gasteiger partial charge in [-0.3, -0.25) is 0 Å². The molecule has 0 N–H and O–H groups in total. The molecule has 0 aromatic carbocycles. The fourth-order valence-corrected chi connectivity index (χ4v) is 5.71. The van der Waals surface area contributed by atoms with Crippen LogP contribution in [0.1, 0.15) is 11.4 Å². The molecule has 0 amide bonds. The van der Waals surface area contributed by atoms with Crippen LogP contribution in [0.2, 0.25) is 0 Å². The van der Waals surface area contributed by atoms with Crippen LogP contribution < -0.4 is 4.90 Å². The molecule has 2 atom stereocenters. The van der Waals surface area contributed by atoms with Gasteiger partial charge in [-0.05, 0) is 31.7 Å². The summed E-state index contributed by atoms with van der Waals surface area (Å²) in [4.78, 5) is 11.1. The Hall–Kier alpha value is -2.79. The van der Waals surface area contributed by atoms with Crippen molar-refractivity contribution in [3.8, 4) is 5.82 Å². The van der Waals surface area contributed by atoms with E-state index in [-0.39, 0.29) is 16.7 Å². The number of hydrogen-bond acceptors (Lipinski definition) is 8. The topological polar surface area (TPSA) is 110 Å². The number of rotatable bonds is 4. The molecule has 2 fully saturated rings. The van der Waals surface area contributed by atoms with Crippen LogP contribution in [0.15, 0.2) is 40.3 Å². The highest BCUT2D eigenvalue weighted by molar-refractivity contribution is 7.89. The molecule has 152 valence electrons. The van der Waals surface area contributed by atoms with Gasteiger partial charge in [-0.25, -0.2) is 23.1 Å². The first kappa shape index (κ1) is 18.3. The van der Waals surface area contributed by atoms with E-state index in [4.69, 9.17) is 4.52 Å². The minimum Gasteiger partial charge on any atom is -0.363 e. The van der Waals surface area contributed by atoms with Gasteiger partial charge < -0.3 is 9.42 Å². The Morgan fingerprint density at radius 3 is 2.38 bits per heavy atom.